The number of rotatable bonds is 10. The molecule has 5 aromatic rings. The fraction of sp³-hybridized carbons (Fsp3) is 0.435. The van der Waals surface area contributed by atoms with Crippen molar-refractivity contribution in [2.24, 2.45) is 17.3 Å². The zero-order chi connectivity index (χ0) is 41.9. The Morgan fingerprint density at radius 2 is 1.35 bits per heavy atom. The van der Waals surface area contributed by atoms with Crippen molar-refractivity contribution in [1.82, 2.24) is 40.4 Å². The maximum atomic E-state index is 13.9. The van der Waals surface area contributed by atoms with Gasteiger partial charge in [0.05, 0.1) is 50.1 Å². The van der Waals surface area contributed by atoms with Crippen molar-refractivity contribution >= 4 is 34.8 Å². The standard InChI is InChI=1S/C46H52N8O6/c1-25(2)38(52-45(58)60-5)43(56)53-24-46(16-17-46)21-37(53)40-47-22-35(50-40)28-8-6-27(7-9-28)29-10-11-31-19-32(13-12-30(31)18-29)36-23-48-41(51-36)39-33-14-15-34(20-33)54(39)42(55)26(3)49-44(57)59-4/h6-13,18-19,22-23,25-26,33-34,37-39H,14-17,20-21,24H2,1-5H3,(H,47,50)(H,48,51)(H,49,57)(H,52,58)/t26-,33-,34+,37-,38-,39-/m0/s1. The van der Waals surface area contributed by atoms with Crippen LogP contribution < -0.4 is 10.6 Å². The number of carbonyl (C=O) groups excluding carboxylic acids is 4. The van der Waals surface area contributed by atoms with Gasteiger partial charge in [-0.3, -0.25) is 9.59 Å². The molecule has 6 atom stereocenters. The van der Waals surface area contributed by atoms with Gasteiger partial charge in [-0.25, -0.2) is 19.6 Å². The summed E-state index contributed by atoms with van der Waals surface area (Å²) in [7, 11) is 2.60. The zero-order valence-electron chi connectivity index (χ0n) is 34.7. The molecule has 4 heterocycles. The number of ether oxygens (including phenoxy) is 2. The third-order valence-corrected chi connectivity index (χ3v) is 13.3. The monoisotopic (exact) mass is 812 g/mol. The van der Waals surface area contributed by atoms with Gasteiger partial charge in [0.2, 0.25) is 11.8 Å². The van der Waals surface area contributed by atoms with Crippen LogP contribution in [0, 0.1) is 17.3 Å². The molecule has 60 heavy (non-hydrogen) atoms. The number of imidazole rings is 2. The lowest BCUT2D eigenvalue weighted by molar-refractivity contribution is -0.138. The molecule has 4 aliphatic rings. The third-order valence-electron chi connectivity index (χ3n) is 13.3. The molecule has 2 saturated carbocycles. The number of likely N-dealkylation sites (tertiary alicyclic amines) is 2. The summed E-state index contributed by atoms with van der Waals surface area (Å²) in [6, 6.07) is 19.6. The van der Waals surface area contributed by atoms with E-state index in [1.54, 1.807) is 6.92 Å². The Bertz CT molecular complexity index is 2450. The van der Waals surface area contributed by atoms with Crippen LogP contribution in [0.2, 0.25) is 0 Å². The smallest absolute Gasteiger partial charge is 0.407 e. The molecular weight excluding hydrogens is 761 g/mol. The molecule has 4 amide bonds. The van der Waals surface area contributed by atoms with Gasteiger partial charge in [-0.05, 0) is 102 Å². The number of methoxy groups -OCH3 is 2. The number of benzene rings is 3. The number of aromatic nitrogens is 4. The van der Waals surface area contributed by atoms with Gasteiger partial charge >= 0.3 is 12.2 Å². The van der Waals surface area contributed by atoms with E-state index in [2.05, 4.69) is 81.3 Å². The highest BCUT2D eigenvalue weighted by Crippen LogP contribution is 2.58. The van der Waals surface area contributed by atoms with Crippen molar-refractivity contribution in [1.29, 1.82) is 0 Å². The average molecular weight is 813 g/mol. The van der Waals surface area contributed by atoms with E-state index in [0.717, 1.165) is 94.6 Å². The molecule has 2 saturated heterocycles. The maximum absolute atomic E-state index is 13.9. The first-order chi connectivity index (χ1) is 28.9. The van der Waals surface area contributed by atoms with Gasteiger partial charge in [-0.2, -0.15) is 0 Å². The van der Waals surface area contributed by atoms with Crippen molar-refractivity contribution in [2.45, 2.75) is 89.5 Å². The van der Waals surface area contributed by atoms with Gasteiger partial charge in [0.1, 0.15) is 23.7 Å². The minimum absolute atomic E-state index is 0.103. The normalized spacial score (nSPS) is 22.3. The summed E-state index contributed by atoms with van der Waals surface area (Å²) < 4.78 is 9.54. The van der Waals surface area contributed by atoms with Crippen molar-refractivity contribution in [3.8, 4) is 33.6 Å². The van der Waals surface area contributed by atoms with Crippen LogP contribution in [0.3, 0.4) is 0 Å². The lowest BCUT2D eigenvalue weighted by Crippen LogP contribution is -2.51. The molecule has 14 heteroatoms. The summed E-state index contributed by atoms with van der Waals surface area (Å²) in [5, 5.41) is 7.59. The molecule has 312 valence electrons. The zero-order valence-corrected chi connectivity index (χ0v) is 34.7. The molecule has 3 aromatic carbocycles. The van der Waals surface area contributed by atoms with E-state index in [-0.39, 0.29) is 41.3 Å². The number of nitrogens with zero attached hydrogens (tertiary/aromatic N) is 4. The highest BCUT2D eigenvalue weighted by atomic mass is 16.5. The molecule has 2 aliphatic heterocycles. The number of piperidine rings is 1. The molecule has 4 N–H and O–H groups in total. The van der Waals surface area contributed by atoms with Crippen LogP contribution in [0.4, 0.5) is 9.59 Å². The molecule has 4 fully saturated rings. The van der Waals surface area contributed by atoms with Gasteiger partial charge in [0.15, 0.2) is 0 Å². The van der Waals surface area contributed by atoms with Crippen molar-refractivity contribution in [3.63, 3.8) is 0 Å². The van der Waals surface area contributed by atoms with Crippen LogP contribution in [0.1, 0.15) is 83.0 Å². The average Bonchev–Trinajstić information content (AvgIpc) is 3.89. The summed E-state index contributed by atoms with van der Waals surface area (Å²) in [4.78, 5) is 71.8. The number of hydrogen-bond acceptors (Lipinski definition) is 8. The first-order valence-corrected chi connectivity index (χ1v) is 21.0. The van der Waals surface area contributed by atoms with Gasteiger partial charge in [0.25, 0.3) is 0 Å². The molecule has 0 radical (unpaired) electrons. The Balaban J connectivity index is 0.890. The minimum Gasteiger partial charge on any atom is -0.453 e. The largest absolute Gasteiger partial charge is 0.453 e. The highest BCUT2D eigenvalue weighted by Gasteiger charge is 2.55. The van der Waals surface area contributed by atoms with E-state index < -0.39 is 24.3 Å². The minimum atomic E-state index is -0.701. The van der Waals surface area contributed by atoms with Crippen molar-refractivity contribution in [2.75, 3.05) is 20.8 Å². The number of aromatic amines is 2. The Morgan fingerprint density at radius 1 is 0.750 bits per heavy atom. The van der Waals surface area contributed by atoms with Gasteiger partial charge in [0, 0.05) is 18.2 Å². The second kappa shape index (κ2) is 15.4. The van der Waals surface area contributed by atoms with Crippen LogP contribution in [0.15, 0.2) is 73.1 Å². The lowest BCUT2D eigenvalue weighted by atomic mass is 9.97. The summed E-state index contributed by atoms with van der Waals surface area (Å²) >= 11 is 0. The van der Waals surface area contributed by atoms with E-state index in [0.29, 0.717) is 12.5 Å². The maximum Gasteiger partial charge on any atom is 0.407 e. The third kappa shape index (κ3) is 7.26. The second-order valence-electron chi connectivity index (χ2n) is 17.5. The molecule has 2 bridgehead atoms. The van der Waals surface area contributed by atoms with Crippen molar-refractivity contribution in [3.05, 3.63) is 84.7 Å². The quantitative estimate of drug-likeness (QED) is 0.112. The Kier molecular flexibility index (Phi) is 10.1. The number of carbonyl (C=O) groups is 4. The van der Waals surface area contributed by atoms with Crippen LogP contribution in [-0.4, -0.2) is 92.6 Å². The van der Waals surface area contributed by atoms with E-state index in [1.807, 2.05) is 36.0 Å². The Morgan fingerprint density at radius 3 is 2.03 bits per heavy atom. The summed E-state index contributed by atoms with van der Waals surface area (Å²) in [5.41, 5.74) is 6.09. The number of alkyl carbamates (subject to hydrolysis) is 2. The van der Waals surface area contributed by atoms with E-state index in [9.17, 15) is 19.2 Å². The predicted molar refractivity (Wildman–Crippen MR) is 225 cm³/mol. The van der Waals surface area contributed by atoms with Crippen LogP contribution in [0.25, 0.3) is 44.4 Å². The van der Waals surface area contributed by atoms with Gasteiger partial charge < -0.3 is 39.9 Å². The Labute approximate surface area is 348 Å². The SMILES string of the molecule is COC(=O)N[C@@H](C)C(=O)N1[C@@H]2CC[C@@H](C2)[C@H]1c1ncc(-c2ccc3cc(-c4ccc(-c5cnc([C@@H]6CC7(CC7)CN6C(=O)[C@@H](NC(=O)OC)C(C)C)[nH]5)cc4)ccc3c2)[nH]1. The van der Waals surface area contributed by atoms with Gasteiger partial charge in [-0.1, -0.05) is 62.4 Å². The van der Waals surface area contributed by atoms with Crippen LogP contribution >= 0.6 is 0 Å². The highest BCUT2D eigenvalue weighted by molar-refractivity contribution is 5.91. The molecule has 0 unspecified atom stereocenters. The molecule has 14 nitrogen and oxygen atoms in total. The van der Waals surface area contributed by atoms with Crippen LogP contribution in [-0.2, 0) is 19.1 Å². The molecule has 9 rings (SSSR count). The number of amides is 4. The second-order valence-corrected chi connectivity index (χ2v) is 17.5. The predicted octanol–water partition coefficient (Wildman–Crippen LogP) is 7.52. The summed E-state index contributed by atoms with van der Waals surface area (Å²) in [5.74, 6) is 1.52. The Hall–Kier alpha value is -6.18. The number of hydrogen-bond donors (Lipinski definition) is 4. The van der Waals surface area contributed by atoms with Crippen LogP contribution in [0.5, 0.6) is 0 Å². The van der Waals surface area contributed by atoms with E-state index in [4.69, 9.17) is 19.4 Å². The first-order valence-electron chi connectivity index (χ1n) is 21.0. The molecule has 2 aliphatic carbocycles. The van der Waals surface area contributed by atoms with E-state index >= 15 is 0 Å². The fourth-order valence-corrected chi connectivity index (χ4v) is 9.85. The van der Waals surface area contributed by atoms with E-state index in [1.165, 1.54) is 14.2 Å². The number of nitrogens with one attached hydrogen (secondary N) is 4. The number of fused-ring (bicyclic) bond motifs is 3. The summed E-state index contributed by atoms with van der Waals surface area (Å²) in [6.45, 7) is 6.20. The molecule has 2 aromatic heterocycles. The fourth-order valence-electron chi connectivity index (χ4n) is 9.85. The number of H-pyrrole nitrogens is 2. The lowest BCUT2D eigenvalue weighted by Gasteiger charge is -2.36. The van der Waals surface area contributed by atoms with Gasteiger partial charge in [-0.15, -0.1) is 0 Å². The molecule has 1 spiro atoms. The first kappa shape index (κ1) is 39.3. The van der Waals surface area contributed by atoms with Crippen molar-refractivity contribution < 1.29 is 28.7 Å². The topological polar surface area (TPSA) is 175 Å². The summed E-state index contributed by atoms with van der Waals surface area (Å²) in [6.07, 6.45) is 8.41. The molecular formula is C46H52N8O6.